The fourth-order valence-corrected chi connectivity index (χ4v) is 2.56. The van der Waals surface area contributed by atoms with Crippen molar-refractivity contribution in [3.8, 4) is 0 Å². The van der Waals surface area contributed by atoms with Crippen LogP contribution < -0.4 is 16.0 Å². The van der Waals surface area contributed by atoms with Crippen molar-refractivity contribution in [2.45, 2.75) is 19.0 Å². The average Bonchev–Trinajstić information content (AvgIpc) is 2.70. The molecule has 3 rings (SSSR count). The van der Waals surface area contributed by atoms with E-state index in [4.69, 9.17) is 0 Å². The second kappa shape index (κ2) is 7.12. The van der Waals surface area contributed by atoms with Crippen LogP contribution in [0.4, 0.5) is 10.1 Å². The molecule has 6 nitrogen and oxygen atoms in total. The third-order valence-electron chi connectivity index (χ3n) is 3.82. The number of amides is 3. The summed E-state index contributed by atoms with van der Waals surface area (Å²) in [6, 6.07) is 11.5. The van der Waals surface area contributed by atoms with Crippen molar-refractivity contribution in [2.75, 3.05) is 5.32 Å². The minimum absolute atomic E-state index is 0.138. The Morgan fingerprint density at radius 2 is 1.92 bits per heavy atom. The minimum atomic E-state index is -0.979. The smallest absolute Gasteiger partial charge is 0.254 e. The number of carbonyl (C=O) groups is 3. The Kier molecular flexibility index (Phi) is 4.74. The molecular formula is C18H16FN3O3. The summed E-state index contributed by atoms with van der Waals surface area (Å²) in [5.41, 5.74) is 1.36. The van der Waals surface area contributed by atoms with Crippen LogP contribution >= 0.6 is 0 Å². The third-order valence-corrected chi connectivity index (χ3v) is 3.82. The standard InChI is InChI=1S/C18H16FN3O3/c19-12-5-3-4-11(8-12)10-20-16(23)9-15-18(25)21-14-7-2-1-6-13(14)17(24)22-15/h1-8,15H,9-10H2,(H,20,23)(H,21,25)(H,22,24). The molecule has 0 saturated carbocycles. The van der Waals surface area contributed by atoms with Gasteiger partial charge in [-0.15, -0.1) is 0 Å². The first-order chi connectivity index (χ1) is 12.0. The Bertz CT molecular complexity index is 838. The summed E-state index contributed by atoms with van der Waals surface area (Å²) >= 11 is 0. The molecule has 1 heterocycles. The van der Waals surface area contributed by atoms with E-state index in [1.54, 1.807) is 36.4 Å². The number of anilines is 1. The number of nitrogens with one attached hydrogen (secondary N) is 3. The molecule has 0 aliphatic carbocycles. The van der Waals surface area contributed by atoms with Crippen molar-refractivity contribution in [1.82, 2.24) is 10.6 Å². The van der Waals surface area contributed by atoms with E-state index < -0.39 is 23.8 Å². The highest BCUT2D eigenvalue weighted by Gasteiger charge is 2.29. The molecule has 1 aliphatic rings. The molecule has 0 radical (unpaired) electrons. The number of hydrogen-bond acceptors (Lipinski definition) is 3. The quantitative estimate of drug-likeness (QED) is 0.789. The van der Waals surface area contributed by atoms with E-state index in [9.17, 15) is 18.8 Å². The van der Waals surface area contributed by atoms with Gasteiger partial charge in [0.15, 0.2) is 0 Å². The Morgan fingerprint density at radius 3 is 2.72 bits per heavy atom. The lowest BCUT2D eigenvalue weighted by atomic mass is 10.1. The summed E-state index contributed by atoms with van der Waals surface area (Å²) in [6.45, 7) is 0.138. The molecule has 0 saturated heterocycles. The second-order valence-corrected chi connectivity index (χ2v) is 5.67. The van der Waals surface area contributed by atoms with E-state index in [0.717, 1.165) is 0 Å². The van der Waals surface area contributed by atoms with Crippen LogP contribution in [0.2, 0.25) is 0 Å². The Balaban J connectivity index is 1.62. The van der Waals surface area contributed by atoms with E-state index in [0.29, 0.717) is 16.8 Å². The number of carbonyl (C=O) groups excluding carboxylic acids is 3. The van der Waals surface area contributed by atoms with Gasteiger partial charge in [0.05, 0.1) is 17.7 Å². The molecule has 1 unspecified atom stereocenters. The van der Waals surface area contributed by atoms with Crippen LogP contribution in [0.25, 0.3) is 0 Å². The van der Waals surface area contributed by atoms with Gasteiger partial charge in [0.25, 0.3) is 5.91 Å². The summed E-state index contributed by atoms with van der Waals surface area (Å²) in [4.78, 5) is 36.5. The number of para-hydroxylation sites is 1. The number of fused-ring (bicyclic) bond motifs is 1. The van der Waals surface area contributed by atoms with E-state index >= 15 is 0 Å². The molecule has 128 valence electrons. The van der Waals surface area contributed by atoms with E-state index in [-0.39, 0.29) is 18.8 Å². The van der Waals surface area contributed by atoms with Crippen LogP contribution in [0, 0.1) is 5.82 Å². The van der Waals surface area contributed by atoms with Gasteiger partial charge in [-0.05, 0) is 29.8 Å². The van der Waals surface area contributed by atoms with Crippen molar-refractivity contribution < 1.29 is 18.8 Å². The molecule has 7 heteroatoms. The maximum absolute atomic E-state index is 13.1. The first-order valence-electron chi connectivity index (χ1n) is 7.75. The zero-order valence-electron chi connectivity index (χ0n) is 13.2. The summed E-state index contributed by atoms with van der Waals surface area (Å²) in [7, 11) is 0. The zero-order chi connectivity index (χ0) is 17.8. The summed E-state index contributed by atoms with van der Waals surface area (Å²) < 4.78 is 13.1. The molecule has 1 aliphatic heterocycles. The SMILES string of the molecule is O=C(CC1NC(=O)c2ccccc2NC1=O)NCc1cccc(F)c1. The molecule has 2 aromatic carbocycles. The third kappa shape index (κ3) is 4.00. The number of hydrogen-bond donors (Lipinski definition) is 3. The minimum Gasteiger partial charge on any atom is -0.352 e. The molecule has 3 amide bonds. The second-order valence-electron chi connectivity index (χ2n) is 5.67. The fourth-order valence-electron chi connectivity index (χ4n) is 2.56. The normalized spacial score (nSPS) is 16.3. The average molecular weight is 341 g/mol. The first kappa shape index (κ1) is 16.6. The molecule has 0 fully saturated rings. The van der Waals surface area contributed by atoms with Gasteiger partial charge >= 0.3 is 0 Å². The van der Waals surface area contributed by atoms with Gasteiger partial charge in [0.2, 0.25) is 11.8 Å². The first-order valence-corrected chi connectivity index (χ1v) is 7.75. The summed E-state index contributed by atoms with van der Waals surface area (Å²) in [5.74, 6) is -1.69. The van der Waals surface area contributed by atoms with Crippen LogP contribution in [0.15, 0.2) is 48.5 Å². The van der Waals surface area contributed by atoms with Crippen molar-refractivity contribution in [2.24, 2.45) is 0 Å². The molecule has 3 N–H and O–H groups in total. The predicted molar refractivity (Wildman–Crippen MR) is 89.2 cm³/mol. The van der Waals surface area contributed by atoms with E-state index in [1.807, 2.05) is 0 Å². The van der Waals surface area contributed by atoms with Crippen molar-refractivity contribution in [3.05, 3.63) is 65.5 Å². The molecule has 25 heavy (non-hydrogen) atoms. The topological polar surface area (TPSA) is 87.3 Å². The van der Waals surface area contributed by atoms with Gasteiger partial charge in [-0.3, -0.25) is 14.4 Å². The fraction of sp³-hybridized carbons (Fsp3) is 0.167. The van der Waals surface area contributed by atoms with Crippen LogP contribution in [0.3, 0.4) is 0 Å². The molecule has 0 bridgehead atoms. The number of rotatable bonds is 4. The molecule has 2 aromatic rings. The largest absolute Gasteiger partial charge is 0.352 e. The van der Waals surface area contributed by atoms with Crippen LogP contribution in [-0.4, -0.2) is 23.8 Å². The highest BCUT2D eigenvalue weighted by atomic mass is 19.1. The van der Waals surface area contributed by atoms with Gasteiger partial charge in [0.1, 0.15) is 11.9 Å². The monoisotopic (exact) mass is 341 g/mol. The molecular weight excluding hydrogens is 325 g/mol. The van der Waals surface area contributed by atoms with Crippen LogP contribution in [0.5, 0.6) is 0 Å². The summed E-state index contributed by atoms with van der Waals surface area (Å²) in [5, 5.41) is 7.80. The van der Waals surface area contributed by atoms with Gasteiger partial charge in [-0.25, -0.2) is 4.39 Å². The van der Waals surface area contributed by atoms with Crippen LogP contribution in [0.1, 0.15) is 22.3 Å². The van der Waals surface area contributed by atoms with Gasteiger partial charge < -0.3 is 16.0 Å². The van der Waals surface area contributed by atoms with E-state index in [1.165, 1.54) is 12.1 Å². The Hall–Kier alpha value is -3.22. The lowest BCUT2D eigenvalue weighted by Gasteiger charge is -2.14. The highest BCUT2D eigenvalue weighted by molar-refractivity contribution is 6.10. The lowest BCUT2D eigenvalue weighted by molar-refractivity contribution is -0.125. The Labute approximate surface area is 143 Å². The zero-order valence-corrected chi connectivity index (χ0v) is 13.2. The van der Waals surface area contributed by atoms with Crippen molar-refractivity contribution >= 4 is 23.4 Å². The number of benzene rings is 2. The predicted octanol–water partition coefficient (Wildman–Crippen LogP) is 1.58. The van der Waals surface area contributed by atoms with E-state index in [2.05, 4.69) is 16.0 Å². The maximum atomic E-state index is 13.1. The van der Waals surface area contributed by atoms with Gasteiger partial charge in [-0.2, -0.15) is 0 Å². The Morgan fingerprint density at radius 1 is 1.12 bits per heavy atom. The van der Waals surface area contributed by atoms with Gasteiger partial charge in [0, 0.05) is 6.54 Å². The van der Waals surface area contributed by atoms with Gasteiger partial charge in [-0.1, -0.05) is 24.3 Å². The maximum Gasteiger partial charge on any atom is 0.254 e. The summed E-state index contributed by atoms with van der Waals surface area (Å²) in [6.07, 6.45) is -0.207. The van der Waals surface area contributed by atoms with Crippen molar-refractivity contribution in [3.63, 3.8) is 0 Å². The van der Waals surface area contributed by atoms with Crippen LogP contribution in [-0.2, 0) is 16.1 Å². The lowest BCUT2D eigenvalue weighted by Crippen LogP contribution is -2.44. The molecule has 0 aromatic heterocycles. The highest BCUT2D eigenvalue weighted by Crippen LogP contribution is 2.18. The molecule has 1 atom stereocenters. The molecule has 0 spiro atoms. The van der Waals surface area contributed by atoms with Crippen molar-refractivity contribution in [1.29, 1.82) is 0 Å². The number of halogens is 1.